The van der Waals surface area contributed by atoms with Gasteiger partial charge < -0.3 is 4.57 Å². The van der Waals surface area contributed by atoms with Crippen LogP contribution in [0.4, 0.5) is 0 Å². The number of Topliss-reactive ketones (excluding diaryl/α,β-unsaturated/α-hetero) is 1. The third-order valence-electron chi connectivity index (χ3n) is 6.10. The Balaban J connectivity index is 1.37. The van der Waals surface area contributed by atoms with Gasteiger partial charge in [-0.3, -0.25) is 9.69 Å². The van der Waals surface area contributed by atoms with Crippen LogP contribution in [0.25, 0.3) is 5.69 Å². The quantitative estimate of drug-likeness (QED) is 0.473. The molecule has 3 aromatic rings. The largest absolute Gasteiger partial charge is 0.318 e. The van der Waals surface area contributed by atoms with E-state index < -0.39 is 10.0 Å². The Hall–Kier alpha value is -2.45. The van der Waals surface area contributed by atoms with Crippen LogP contribution in [-0.4, -0.2) is 60.7 Å². The van der Waals surface area contributed by atoms with E-state index in [0.717, 1.165) is 17.1 Å². The topological polar surface area (TPSA) is 62.6 Å². The zero-order valence-electron chi connectivity index (χ0n) is 18.9. The van der Waals surface area contributed by atoms with Crippen LogP contribution >= 0.6 is 11.6 Å². The summed E-state index contributed by atoms with van der Waals surface area (Å²) in [5.74, 6) is 0.0111. The van der Waals surface area contributed by atoms with Crippen molar-refractivity contribution in [3.05, 3.63) is 88.2 Å². The number of nitrogens with zero attached hydrogens (tertiary/aromatic N) is 3. The Morgan fingerprint density at radius 2 is 1.58 bits per heavy atom. The van der Waals surface area contributed by atoms with Crippen LogP contribution in [-0.2, 0) is 15.8 Å². The van der Waals surface area contributed by atoms with Crippen molar-refractivity contribution in [2.75, 3.05) is 32.7 Å². The van der Waals surface area contributed by atoms with E-state index >= 15 is 0 Å². The van der Waals surface area contributed by atoms with Gasteiger partial charge in [-0.05, 0) is 49.7 Å². The molecule has 8 heteroatoms. The highest BCUT2D eigenvalue weighted by Crippen LogP contribution is 2.22. The molecule has 0 radical (unpaired) electrons. The van der Waals surface area contributed by atoms with E-state index in [9.17, 15) is 13.2 Å². The number of sulfonamides is 1. The van der Waals surface area contributed by atoms with Gasteiger partial charge in [0.15, 0.2) is 5.78 Å². The molecule has 33 heavy (non-hydrogen) atoms. The fourth-order valence-electron chi connectivity index (χ4n) is 4.36. The van der Waals surface area contributed by atoms with Gasteiger partial charge in [0.05, 0.1) is 12.3 Å². The normalized spacial score (nSPS) is 15.6. The maximum Gasteiger partial charge on any atom is 0.218 e. The Bertz CT molecular complexity index is 1230. The van der Waals surface area contributed by atoms with Crippen molar-refractivity contribution in [2.24, 2.45) is 0 Å². The monoisotopic (exact) mass is 485 g/mol. The number of carbonyl (C=O) groups excluding carboxylic acids is 1. The van der Waals surface area contributed by atoms with Crippen molar-refractivity contribution in [1.82, 2.24) is 13.8 Å². The van der Waals surface area contributed by atoms with Gasteiger partial charge in [-0.15, -0.1) is 0 Å². The van der Waals surface area contributed by atoms with Crippen molar-refractivity contribution in [2.45, 2.75) is 19.6 Å². The summed E-state index contributed by atoms with van der Waals surface area (Å²) >= 11 is 5.89. The molecule has 2 heterocycles. The number of carbonyl (C=O) groups is 1. The number of aryl methyl sites for hydroxylation is 1. The Morgan fingerprint density at radius 3 is 2.21 bits per heavy atom. The molecule has 1 aliphatic rings. The van der Waals surface area contributed by atoms with Crippen molar-refractivity contribution in [1.29, 1.82) is 0 Å². The van der Waals surface area contributed by atoms with Gasteiger partial charge >= 0.3 is 0 Å². The van der Waals surface area contributed by atoms with E-state index in [-0.39, 0.29) is 18.1 Å². The van der Waals surface area contributed by atoms with Crippen molar-refractivity contribution < 1.29 is 13.2 Å². The molecular formula is C25H28ClN3O3S. The number of aromatic nitrogens is 1. The molecule has 0 bridgehead atoms. The first-order valence-corrected chi connectivity index (χ1v) is 13.0. The lowest BCUT2D eigenvalue weighted by atomic mass is 10.1. The van der Waals surface area contributed by atoms with Gasteiger partial charge in [0, 0.05) is 53.8 Å². The van der Waals surface area contributed by atoms with E-state index in [4.69, 9.17) is 11.6 Å². The molecule has 0 N–H and O–H groups in total. The highest BCUT2D eigenvalue weighted by Gasteiger charge is 2.28. The molecule has 1 aromatic heterocycles. The Morgan fingerprint density at radius 1 is 0.939 bits per heavy atom. The van der Waals surface area contributed by atoms with Gasteiger partial charge in [-0.25, -0.2) is 8.42 Å². The Kier molecular flexibility index (Phi) is 7.05. The van der Waals surface area contributed by atoms with Crippen molar-refractivity contribution in [3.63, 3.8) is 0 Å². The predicted molar refractivity (Wildman–Crippen MR) is 132 cm³/mol. The van der Waals surface area contributed by atoms with Gasteiger partial charge in [0.2, 0.25) is 10.0 Å². The first-order chi connectivity index (χ1) is 15.7. The zero-order chi connectivity index (χ0) is 23.6. The molecule has 0 saturated carbocycles. The Labute approximate surface area is 200 Å². The van der Waals surface area contributed by atoms with Gasteiger partial charge in [-0.1, -0.05) is 41.9 Å². The molecule has 0 amide bonds. The summed E-state index contributed by atoms with van der Waals surface area (Å²) in [6.45, 7) is 6.07. The number of ketones is 1. The summed E-state index contributed by atoms with van der Waals surface area (Å²) in [5, 5.41) is 0.582. The highest BCUT2D eigenvalue weighted by molar-refractivity contribution is 7.88. The molecule has 1 aliphatic heterocycles. The summed E-state index contributed by atoms with van der Waals surface area (Å²) in [4.78, 5) is 15.1. The maximum atomic E-state index is 13.1. The van der Waals surface area contributed by atoms with Crippen LogP contribution in [0.15, 0.2) is 60.7 Å². The van der Waals surface area contributed by atoms with E-state index in [1.165, 1.54) is 4.31 Å². The number of para-hydroxylation sites is 1. The molecule has 6 nitrogen and oxygen atoms in total. The molecule has 0 atom stereocenters. The predicted octanol–water partition coefficient (Wildman–Crippen LogP) is 4.08. The standard InChI is InChI=1S/C25H28ClN3O3S/c1-19-16-24(20(2)29(19)23-6-4-3-5-7-23)25(30)17-27-12-14-28(15-13-27)33(31,32)18-21-8-10-22(26)11-9-21/h3-11,16H,12-15,17-18H2,1-2H3. The molecule has 1 fully saturated rings. The lowest BCUT2D eigenvalue weighted by molar-refractivity contribution is 0.0901. The molecule has 174 valence electrons. The molecule has 1 saturated heterocycles. The number of benzene rings is 2. The molecular weight excluding hydrogens is 458 g/mol. The summed E-state index contributed by atoms with van der Waals surface area (Å²) in [5.41, 5.74) is 4.40. The van der Waals surface area contributed by atoms with Crippen LogP contribution in [0.3, 0.4) is 0 Å². The SMILES string of the molecule is Cc1cc(C(=O)CN2CCN(S(=O)(=O)Cc3ccc(Cl)cc3)CC2)c(C)n1-c1ccccc1. The van der Waals surface area contributed by atoms with E-state index in [1.807, 2.05) is 55.1 Å². The van der Waals surface area contributed by atoms with Crippen LogP contribution in [0.2, 0.25) is 5.02 Å². The number of hydrogen-bond donors (Lipinski definition) is 0. The zero-order valence-corrected chi connectivity index (χ0v) is 20.4. The van der Waals surface area contributed by atoms with Crippen molar-refractivity contribution in [3.8, 4) is 5.69 Å². The van der Waals surface area contributed by atoms with Crippen LogP contribution in [0.1, 0.15) is 27.3 Å². The van der Waals surface area contributed by atoms with Crippen LogP contribution in [0.5, 0.6) is 0 Å². The number of rotatable bonds is 7. The first-order valence-electron chi connectivity index (χ1n) is 11.0. The average molecular weight is 486 g/mol. The fourth-order valence-corrected chi connectivity index (χ4v) is 6.00. The molecule has 0 unspecified atom stereocenters. The van der Waals surface area contributed by atoms with Crippen LogP contribution < -0.4 is 0 Å². The van der Waals surface area contributed by atoms with Gasteiger partial charge in [0.25, 0.3) is 0 Å². The minimum absolute atomic E-state index is 0.0471. The minimum atomic E-state index is -3.42. The molecule has 4 rings (SSSR count). The summed E-state index contributed by atoms with van der Waals surface area (Å²) < 4.78 is 29.2. The summed E-state index contributed by atoms with van der Waals surface area (Å²) in [7, 11) is -3.42. The smallest absolute Gasteiger partial charge is 0.218 e. The third kappa shape index (κ3) is 5.38. The second kappa shape index (κ2) is 9.81. The lowest BCUT2D eigenvalue weighted by Gasteiger charge is -2.33. The van der Waals surface area contributed by atoms with Crippen molar-refractivity contribution >= 4 is 27.4 Å². The number of hydrogen-bond acceptors (Lipinski definition) is 4. The highest BCUT2D eigenvalue weighted by atomic mass is 35.5. The maximum absolute atomic E-state index is 13.1. The molecule has 0 aliphatic carbocycles. The second-order valence-corrected chi connectivity index (χ2v) is 10.8. The second-order valence-electron chi connectivity index (χ2n) is 8.44. The fraction of sp³-hybridized carbons (Fsp3) is 0.320. The minimum Gasteiger partial charge on any atom is -0.318 e. The van der Waals surface area contributed by atoms with E-state index in [0.29, 0.717) is 42.3 Å². The van der Waals surface area contributed by atoms with Gasteiger partial charge in [0.1, 0.15) is 0 Å². The van der Waals surface area contributed by atoms with E-state index in [1.54, 1.807) is 24.3 Å². The van der Waals surface area contributed by atoms with E-state index in [2.05, 4.69) is 4.57 Å². The average Bonchev–Trinajstić information content (AvgIpc) is 3.10. The van der Waals surface area contributed by atoms with Gasteiger partial charge in [-0.2, -0.15) is 4.31 Å². The number of halogens is 1. The van der Waals surface area contributed by atoms with Crippen LogP contribution in [0, 0.1) is 13.8 Å². The summed E-state index contributed by atoms with van der Waals surface area (Å²) in [6, 6.07) is 18.8. The molecule has 2 aromatic carbocycles. The lowest BCUT2D eigenvalue weighted by Crippen LogP contribution is -2.50. The third-order valence-corrected chi connectivity index (χ3v) is 8.20. The molecule has 0 spiro atoms. The summed E-state index contributed by atoms with van der Waals surface area (Å²) in [6.07, 6.45) is 0. The first kappa shape index (κ1) is 23.7. The number of piperazine rings is 1.